The molecule has 1 fully saturated rings. The normalized spacial score (nSPS) is 16.8. The summed E-state index contributed by atoms with van der Waals surface area (Å²) in [7, 11) is 0. The number of nitrogens with zero attached hydrogens (tertiary/aromatic N) is 2. The maximum Gasteiger partial charge on any atom is 0.308 e. The fourth-order valence-electron chi connectivity index (χ4n) is 2.31. The smallest absolute Gasteiger partial charge is 0.308 e. The predicted molar refractivity (Wildman–Crippen MR) is 78.5 cm³/mol. The number of hydrogen-bond donors (Lipinski definition) is 1. The molecule has 1 N–H and O–H groups in total. The van der Waals surface area contributed by atoms with E-state index in [1.165, 1.54) is 0 Å². The minimum Gasteiger partial charge on any atom is -0.481 e. The van der Waals surface area contributed by atoms with Crippen LogP contribution in [-0.4, -0.2) is 53.8 Å². The highest BCUT2D eigenvalue weighted by Crippen LogP contribution is 2.26. The van der Waals surface area contributed by atoms with Crippen molar-refractivity contribution in [2.45, 2.75) is 32.6 Å². The number of ether oxygens (including phenoxy) is 1. The quantitative estimate of drug-likeness (QED) is 0.867. The zero-order valence-electron chi connectivity index (χ0n) is 12.1. The van der Waals surface area contributed by atoms with Gasteiger partial charge in [0.2, 0.25) is 0 Å². The molecular formula is C14H22N2O3S. The molecule has 1 saturated heterocycles. The van der Waals surface area contributed by atoms with Crippen molar-refractivity contribution < 1.29 is 14.6 Å². The molecule has 2 heterocycles. The summed E-state index contributed by atoms with van der Waals surface area (Å²) in [4.78, 5) is 18.8. The second-order valence-electron chi connectivity index (χ2n) is 5.35. The van der Waals surface area contributed by atoms with Gasteiger partial charge in [-0.1, -0.05) is 13.8 Å². The Hall–Kier alpha value is -0.980. The standard InChI is InChI=1S/C14H22N2O3S/c1-10(2)14-11(9-13(17)18)20-12(15-14)3-4-16-5-7-19-8-6-16/h10H,3-9H2,1-2H3,(H,17,18). The van der Waals surface area contributed by atoms with Crippen LogP contribution in [0.2, 0.25) is 0 Å². The number of carboxylic acid groups (broad SMARTS) is 1. The average Bonchev–Trinajstić information content (AvgIpc) is 2.80. The molecule has 0 saturated carbocycles. The number of hydrogen-bond acceptors (Lipinski definition) is 5. The fraction of sp³-hybridized carbons (Fsp3) is 0.714. The molecule has 0 aromatic carbocycles. The highest BCUT2D eigenvalue weighted by atomic mass is 32.1. The van der Waals surface area contributed by atoms with Gasteiger partial charge in [0.15, 0.2) is 0 Å². The first-order valence-electron chi connectivity index (χ1n) is 7.06. The molecule has 0 radical (unpaired) electrons. The van der Waals surface area contributed by atoms with Crippen LogP contribution in [0.4, 0.5) is 0 Å². The van der Waals surface area contributed by atoms with E-state index in [9.17, 15) is 4.79 Å². The van der Waals surface area contributed by atoms with Crippen LogP contribution in [0.25, 0.3) is 0 Å². The SMILES string of the molecule is CC(C)c1nc(CCN2CCOCC2)sc1CC(=O)O. The summed E-state index contributed by atoms with van der Waals surface area (Å²) in [5, 5.41) is 10.0. The third kappa shape index (κ3) is 4.26. The van der Waals surface area contributed by atoms with Crippen molar-refractivity contribution in [2.75, 3.05) is 32.8 Å². The Morgan fingerprint density at radius 1 is 1.45 bits per heavy atom. The van der Waals surface area contributed by atoms with Gasteiger partial charge in [0, 0.05) is 30.9 Å². The minimum absolute atomic E-state index is 0.0860. The molecule has 0 aliphatic carbocycles. The van der Waals surface area contributed by atoms with E-state index >= 15 is 0 Å². The Balaban J connectivity index is 1.98. The maximum atomic E-state index is 10.9. The van der Waals surface area contributed by atoms with Gasteiger partial charge in [0.05, 0.1) is 30.3 Å². The monoisotopic (exact) mass is 298 g/mol. The molecule has 1 aliphatic rings. The van der Waals surface area contributed by atoms with Crippen molar-refractivity contribution >= 4 is 17.3 Å². The van der Waals surface area contributed by atoms with Crippen LogP contribution >= 0.6 is 11.3 Å². The van der Waals surface area contributed by atoms with Gasteiger partial charge in [-0.2, -0.15) is 0 Å². The first kappa shape index (κ1) is 15.4. The molecule has 0 unspecified atom stereocenters. The van der Waals surface area contributed by atoms with E-state index in [1.807, 2.05) is 0 Å². The number of thiazole rings is 1. The third-order valence-corrected chi connectivity index (χ3v) is 4.51. The molecule has 1 aromatic rings. The summed E-state index contributed by atoms with van der Waals surface area (Å²) in [5.41, 5.74) is 0.953. The number of carboxylic acids is 1. The van der Waals surface area contributed by atoms with Crippen LogP contribution in [0, 0.1) is 0 Å². The van der Waals surface area contributed by atoms with Crippen LogP contribution < -0.4 is 0 Å². The van der Waals surface area contributed by atoms with Crippen LogP contribution in [-0.2, 0) is 22.4 Å². The number of morpholine rings is 1. The maximum absolute atomic E-state index is 10.9. The fourth-order valence-corrected chi connectivity index (χ4v) is 3.52. The van der Waals surface area contributed by atoms with Crippen LogP contribution in [0.3, 0.4) is 0 Å². The Bertz CT molecular complexity index is 453. The second-order valence-corrected chi connectivity index (χ2v) is 6.51. The lowest BCUT2D eigenvalue weighted by Crippen LogP contribution is -2.37. The van der Waals surface area contributed by atoms with Gasteiger partial charge < -0.3 is 9.84 Å². The molecule has 0 spiro atoms. The second kappa shape index (κ2) is 7.15. The van der Waals surface area contributed by atoms with E-state index in [2.05, 4.69) is 23.7 Å². The highest BCUT2D eigenvalue weighted by molar-refractivity contribution is 7.11. The van der Waals surface area contributed by atoms with Crippen LogP contribution in [0.1, 0.15) is 35.3 Å². The van der Waals surface area contributed by atoms with E-state index in [1.54, 1.807) is 11.3 Å². The van der Waals surface area contributed by atoms with Crippen molar-refractivity contribution in [1.29, 1.82) is 0 Å². The molecule has 5 nitrogen and oxygen atoms in total. The van der Waals surface area contributed by atoms with Gasteiger partial charge in [0.25, 0.3) is 0 Å². The average molecular weight is 298 g/mol. The van der Waals surface area contributed by atoms with Gasteiger partial charge in [-0.05, 0) is 5.92 Å². The Kier molecular flexibility index (Phi) is 5.51. The van der Waals surface area contributed by atoms with E-state index < -0.39 is 5.97 Å². The first-order chi connectivity index (χ1) is 9.56. The van der Waals surface area contributed by atoms with Crippen LogP contribution in [0.15, 0.2) is 0 Å². The van der Waals surface area contributed by atoms with Crippen molar-refractivity contribution in [1.82, 2.24) is 9.88 Å². The third-order valence-electron chi connectivity index (χ3n) is 3.38. The topological polar surface area (TPSA) is 62.7 Å². The molecule has 1 aromatic heterocycles. The number of carbonyl (C=O) groups is 1. The zero-order chi connectivity index (χ0) is 14.5. The molecule has 6 heteroatoms. The van der Waals surface area contributed by atoms with Gasteiger partial charge in [-0.3, -0.25) is 9.69 Å². The van der Waals surface area contributed by atoms with Crippen LogP contribution in [0.5, 0.6) is 0 Å². The van der Waals surface area contributed by atoms with E-state index in [4.69, 9.17) is 9.84 Å². The van der Waals surface area contributed by atoms with E-state index in [0.29, 0.717) is 0 Å². The Labute approximate surface area is 123 Å². The lowest BCUT2D eigenvalue weighted by atomic mass is 10.1. The Morgan fingerprint density at radius 3 is 2.75 bits per heavy atom. The van der Waals surface area contributed by atoms with Crippen molar-refractivity contribution in [3.8, 4) is 0 Å². The summed E-state index contributed by atoms with van der Waals surface area (Å²) in [5.74, 6) is -0.506. The summed E-state index contributed by atoms with van der Waals surface area (Å²) >= 11 is 1.55. The Morgan fingerprint density at radius 2 is 2.15 bits per heavy atom. The predicted octanol–water partition coefficient (Wildman–Crippen LogP) is 1.77. The van der Waals surface area contributed by atoms with E-state index in [0.717, 1.165) is 54.8 Å². The molecule has 0 amide bonds. The lowest BCUT2D eigenvalue weighted by molar-refractivity contribution is -0.136. The lowest BCUT2D eigenvalue weighted by Gasteiger charge is -2.26. The number of aromatic nitrogens is 1. The number of aliphatic carboxylic acids is 1. The summed E-state index contributed by atoms with van der Waals surface area (Å²) < 4.78 is 5.33. The van der Waals surface area contributed by atoms with E-state index in [-0.39, 0.29) is 12.3 Å². The summed E-state index contributed by atoms with van der Waals surface area (Å²) in [6.45, 7) is 8.66. The number of rotatable bonds is 6. The molecule has 0 atom stereocenters. The summed E-state index contributed by atoms with van der Waals surface area (Å²) in [6, 6.07) is 0. The highest BCUT2D eigenvalue weighted by Gasteiger charge is 2.17. The largest absolute Gasteiger partial charge is 0.481 e. The molecule has 2 rings (SSSR count). The van der Waals surface area contributed by atoms with Gasteiger partial charge in [-0.15, -0.1) is 11.3 Å². The van der Waals surface area contributed by atoms with Crippen molar-refractivity contribution in [2.24, 2.45) is 0 Å². The molecule has 20 heavy (non-hydrogen) atoms. The summed E-state index contributed by atoms with van der Waals surface area (Å²) in [6.07, 6.45) is 0.979. The molecule has 0 bridgehead atoms. The van der Waals surface area contributed by atoms with Gasteiger partial charge in [-0.25, -0.2) is 4.98 Å². The molecule has 112 valence electrons. The van der Waals surface area contributed by atoms with Crippen molar-refractivity contribution in [3.05, 3.63) is 15.6 Å². The minimum atomic E-state index is -0.782. The molecular weight excluding hydrogens is 276 g/mol. The van der Waals surface area contributed by atoms with Gasteiger partial charge in [0.1, 0.15) is 0 Å². The van der Waals surface area contributed by atoms with Gasteiger partial charge >= 0.3 is 5.97 Å². The first-order valence-corrected chi connectivity index (χ1v) is 7.88. The zero-order valence-corrected chi connectivity index (χ0v) is 12.9. The molecule has 1 aliphatic heterocycles. The van der Waals surface area contributed by atoms with Crippen molar-refractivity contribution in [3.63, 3.8) is 0 Å².